The van der Waals surface area contributed by atoms with Gasteiger partial charge in [-0.25, -0.2) is 0 Å². The van der Waals surface area contributed by atoms with E-state index in [9.17, 15) is 0 Å². The molecular formula is C15H23ClN2O. The van der Waals surface area contributed by atoms with E-state index in [0.717, 1.165) is 6.42 Å². The Morgan fingerprint density at radius 1 is 1.42 bits per heavy atom. The lowest BCUT2D eigenvalue weighted by Crippen LogP contribution is -2.17. The molecule has 0 amide bonds. The summed E-state index contributed by atoms with van der Waals surface area (Å²) in [6.45, 7) is 5.02. The van der Waals surface area contributed by atoms with Crippen LogP contribution in [0.15, 0.2) is 18.2 Å². The van der Waals surface area contributed by atoms with Crippen LogP contribution in [0.2, 0.25) is 5.02 Å². The summed E-state index contributed by atoms with van der Waals surface area (Å²) in [5.74, 6) is 1.09. The molecule has 0 spiro atoms. The van der Waals surface area contributed by atoms with Gasteiger partial charge in [-0.15, -0.1) is 0 Å². The van der Waals surface area contributed by atoms with Crippen molar-refractivity contribution in [3.8, 4) is 5.75 Å². The highest BCUT2D eigenvalue weighted by Crippen LogP contribution is 2.27. The molecule has 0 aromatic heterocycles. The fraction of sp³-hybridized carbons (Fsp3) is 0.533. The first kappa shape index (κ1) is 15.8. The number of nitrogen functional groups attached to an aromatic ring is 1. The minimum atomic E-state index is -0.0535. The van der Waals surface area contributed by atoms with Crippen molar-refractivity contribution in [3.05, 3.63) is 28.8 Å². The van der Waals surface area contributed by atoms with E-state index in [4.69, 9.17) is 27.5 Å². The van der Waals surface area contributed by atoms with Gasteiger partial charge >= 0.3 is 0 Å². The van der Waals surface area contributed by atoms with Crippen LogP contribution in [0.25, 0.3) is 0 Å². The molecular weight excluding hydrogens is 260 g/mol. The summed E-state index contributed by atoms with van der Waals surface area (Å²) in [6.07, 6.45) is 4.68. The highest BCUT2D eigenvalue weighted by molar-refractivity contribution is 6.34. The Morgan fingerprint density at radius 3 is 2.74 bits per heavy atom. The summed E-state index contributed by atoms with van der Waals surface area (Å²) in [5.41, 5.74) is 6.05. The van der Waals surface area contributed by atoms with Crippen molar-refractivity contribution in [1.82, 2.24) is 0 Å². The molecule has 19 heavy (non-hydrogen) atoms. The number of rotatable bonds is 8. The maximum absolute atomic E-state index is 7.57. The molecule has 0 bridgehead atoms. The van der Waals surface area contributed by atoms with Gasteiger partial charge < -0.3 is 10.5 Å². The summed E-state index contributed by atoms with van der Waals surface area (Å²) in [7, 11) is 0. The molecule has 1 aromatic carbocycles. The van der Waals surface area contributed by atoms with Crippen LogP contribution in [0, 0.1) is 11.3 Å². The van der Waals surface area contributed by atoms with Crippen LogP contribution in [-0.4, -0.2) is 12.4 Å². The van der Waals surface area contributed by atoms with Crippen molar-refractivity contribution >= 4 is 17.4 Å². The normalized spacial score (nSPS) is 12.2. The lowest BCUT2D eigenvalue weighted by molar-refractivity contribution is 0.233. The van der Waals surface area contributed by atoms with Gasteiger partial charge in [0.1, 0.15) is 11.6 Å². The lowest BCUT2D eigenvalue weighted by Gasteiger charge is -2.17. The fourth-order valence-electron chi connectivity index (χ4n) is 1.99. The van der Waals surface area contributed by atoms with Crippen LogP contribution in [0.3, 0.4) is 0 Å². The maximum atomic E-state index is 7.57. The van der Waals surface area contributed by atoms with Crippen LogP contribution in [0.1, 0.15) is 45.1 Å². The summed E-state index contributed by atoms with van der Waals surface area (Å²) >= 11 is 6.06. The van der Waals surface area contributed by atoms with Crippen molar-refractivity contribution in [2.75, 3.05) is 6.61 Å². The van der Waals surface area contributed by atoms with Gasteiger partial charge in [0.2, 0.25) is 0 Å². The van der Waals surface area contributed by atoms with E-state index >= 15 is 0 Å². The maximum Gasteiger partial charge on any atom is 0.131 e. The largest absolute Gasteiger partial charge is 0.492 e. The number of ether oxygens (including phenoxy) is 1. The Labute approximate surface area is 120 Å². The Hall–Kier alpha value is -1.22. The molecule has 0 saturated heterocycles. The number of benzene rings is 1. The quantitative estimate of drug-likeness (QED) is 0.554. The van der Waals surface area contributed by atoms with E-state index in [1.807, 2.05) is 12.1 Å². The summed E-state index contributed by atoms with van der Waals surface area (Å²) < 4.78 is 5.82. The smallest absolute Gasteiger partial charge is 0.131 e. The third kappa shape index (κ3) is 4.75. The van der Waals surface area contributed by atoms with Crippen molar-refractivity contribution < 1.29 is 4.74 Å². The molecule has 0 heterocycles. The molecule has 0 aliphatic heterocycles. The van der Waals surface area contributed by atoms with Crippen molar-refractivity contribution in [1.29, 1.82) is 5.41 Å². The highest BCUT2D eigenvalue weighted by atomic mass is 35.5. The van der Waals surface area contributed by atoms with Crippen LogP contribution >= 0.6 is 11.6 Å². The SMILES string of the molecule is CCCCC(CC)COc1cccc(Cl)c1C(=N)N. The van der Waals surface area contributed by atoms with E-state index in [2.05, 4.69) is 13.8 Å². The standard InChI is InChI=1S/C15H23ClN2O/c1-3-5-7-11(4-2)10-19-13-9-6-8-12(16)14(13)15(17)18/h6,8-9,11H,3-5,7,10H2,1-2H3,(H3,17,18). The Morgan fingerprint density at radius 2 is 2.16 bits per heavy atom. The van der Waals surface area contributed by atoms with Gasteiger partial charge in [0.05, 0.1) is 17.2 Å². The first-order valence-corrected chi connectivity index (χ1v) is 7.23. The first-order valence-electron chi connectivity index (χ1n) is 6.85. The topological polar surface area (TPSA) is 59.1 Å². The zero-order valence-electron chi connectivity index (χ0n) is 11.7. The van der Waals surface area contributed by atoms with Crippen molar-refractivity contribution in [2.24, 2.45) is 11.7 Å². The van der Waals surface area contributed by atoms with Gasteiger partial charge in [0.25, 0.3) is 0 Å². The average Bonchev–Trinajstić information content (AvgIpc) is 2.38. The molecule has 1 atom stereocenters. The second kappa shape index (κ2) is 8.05. The predicted molar refractivity (Wildman–Crippen MR) is 81.3 cm³/mol. The molecule has 0 saturated carbocycles. The number of amidine groups is 1. The minimum absolute atomic E-state index is 0.0535. The van der Waals surface area contributed by atoms with Crippen LogP contribution < -0.4 is 10.5 Å². The zero-order chi connectivity index (χ0) is 14.3. The van der Waals surface area contributed by atoms with Gasteiger partial charge in [0.15, 0.2) is 0 Å². The monoisotopic (exact) mass is 282 g/mol. The van der Waals surface area contributed by atoms with E-state index in [-0.39, 0.29) is 5.84 Å². The zero-order valence-corrected chi connectivity index (χ0v) is 12.5. The summed E-state index contributed by atoms with van der Waals surface area (Å²) in [6, 6.07) is 5.35. The van der Waals surface area contributed by atoms with Gasteiger partial charge in [0, 0.05) is 0 Å². The third-order valence-electron chi connectivity index (χ3n) is 3.26. The molecule has 0 aliphatic carbocycles. The fourth-order valence-corrected chi connectivity index (χ4v) is 2.26. The third-order valence-corrected chi connectivity index (χ3v) is 3.58. The first-order chi connectivity index (χ1) is 9.10. The van der Waals surface area contributed by atoms with E-state index in [1.54, 1.807) is 6.07 Å². The number of nitrogens with one attached hydrogen (secondary N) is 1. The average molecular weight is 283 g/mol. The number of hydrogen-bond donors (Lipinski definition) is 2. The molecule has 106 valence electrons. The molecule has 3 nitrogen and oxygen atoms in total. The van der Waals surface area contributed by atoms with E-state index < -0.39 is 0 Å². The van der Waals surface area contributed by atoms with Crippen molar-refractivity contribution in [2.45, 2.75) is 39.5 Å². The summed E-state index contributed by atoms with van der Waals surface area (Å²) in [4.78, 5) is 0. The number of halogens is 1. The van der Waals surface area contributed by atoms with Crippen molar-refractivity contribution in [3.63, 3.8) is 0 Å². The number of nitrogens with two attached hydrogens (primary N) is 1. The molecule has 1 rings (SSSR count). The van der Waals surface area contributed by atoms with Gasteiger partial charge in [-0.2, -0.15) is 0 Å². The predicted octanol–water partition coefficient (Wildman–Crippen LogP) is 4.22. The minimum Gasteiger partial charge on any atom is -0.492 e. The molecule has 3 N–H and O–H groups in total. The Balaban J connectivity index is 2.71. The molecule has 0 fully saturated rings. The van der Waals surface area contributed by atoms with E-state index in [0.29, 0.717) is 28.9 Å². The lowest BCUT2D eigenvalue weighted by atomic mass is 10.0. The Kier molecular flexibility index (Phi) is 6.71. The molecule has 0 aliphatic rings. The van der Waals surface area contributed by atoms with Gasteiger partial charge in [-0.1, -0.05) is 50.8 Å². The summed E-state index contributed by atoms with van der Waals surface area (Å²) in [5, 5.41) is 8.04. The number of hydrogen-bond acceptors (Lipinski definition) is 2. The molecule has 1 aromatic rings. The van der Waals surface area contributed by atoms with Gasteiger partial charge in [-0.3, -0.25) is 5.41 Å². The Bertz CT molecular complexity index is 421. The van der Waals surface area contributed by atoms with Crippen LogP contribution in [-0.2, 0) is 0 Å². The second-order valence-corrected chi connectivity index (χ2v) is 5.16. The second-order valence-electron chi connectivity index (χ2n) is 4.75. The highest BCUT2D eigenvalue weighted by Gasteiger charge is 2.13. The van der Waals surface area contributed by atoms with Gasteiger partial charge in [-0.05, 0) is 24.5 Å². The molecule has 1 unspecified atom stereocenters. The molecule has 4 heteroatoms. The number of unbranched alkanes of at least 4 members (excludes halogenated alkanes) is 1. The van der Waals surface area contributed by atoms with E-state index in [1.165, 1.54) is 19.3 Å². The van der Waals surface area contributed by atoms with Crippen LogP contribution in [0.4, 0.5) is 0 Å². The van der Waals surface area contributed by atoms with Crippen LogP contribution in [0.5, 0.6) is 5.75 Å². The molecule has 0 radical (unpaired) electrons.